The minimum atomic E-state index is -0.158. The fourth-order valence-corrected chi connectivity index (χ4v) is 4.93. The lowest BCUT2D eigenvalue weighted by atomic mass is 9.77. The summed E-state index contributed by atoms with van der Waals surface area (Å²) in [5.74, 6) is 0.231. The Hall–Kier alpha value is -0.980. The molecule has 1 spiro atoms. The normalized spacial score (nSPS) is 27.8. The first-order valence-corrected chi connectivity index (χ1v) is 9.63. The maximum atomic E-state index is 12.5. The molecule has 3 saturated heterocycles. The van der Waals surface area contributed by atoms with Crippen LogP contribution >= 0.6 is 11.3 Å². The molecule has 0 unspecified atom stereocenters. The van der Waals surface area contributed by atoms with E-state index in [9.17, 15) is 4.79 Å². The summed E-state index contributed by atoms with van der Waals surface area (Å²) in [5.41, 5.74) is 0.421. The van der Waals surface area contributed by atoms with Gasteiger partial charge in [-0.1, -0.05) is 0 Å². The van der Waals surface area contributed by atoms with Crippen molar-refractivity contribution >= 4 is 17.2 Å². The van der Waals surface area contributed by atoms with Crippen LogP contribution in [0, 0.1) is 5.41 Å². The molecule has 0 aromatic carbocycles. The molecule has 126 valence electrons. The van der Waals surface area contributed by atoms with E-state index in [1.165, 1.54) is 18.0 Å². The van der Waals surface area contributed by atoms with Crippen LogP contribution in [0.3, 0.4) is 0 Å². The van der Waals surface area contributed by atoms with Crippen molar-refractivity contribution in [3.63, 3.8) is 0 Å². The zero-order valence-corrected chi connectivity index (χ0v) is 14.4. The van der Waals surface area contributed by atoms with Gasteiger partial charge < -0.3 is 9.64 Å². The van der Waals surface area contributed by atoms with Gasteiger partial charge in [-0.2, -0.15) is 0 Å². The Bertz CT molecular complexity index is 534. The maximum absolute atomic E-state index is 12.5. The van der Waals surface area contributed by atoms with Crippen LogP contribution in [0.15, 0.2) is 11.6 Å². The lowest BCUT2D eigenvalue weighted by Gasteiger charge is -2.40. The van der Waals surface area contributed by atoms with Crippen LogP contribution in [0.2, 0.25) is 0 Å². The molecule has 1 atom stereocenters. The fraction of sp³-hybridized carbons (Fsp3) is 0.765. The maximum Gasteiger partial charge on any atom is 0.251 e. The van der Waals surface area contributed by atoms with E-state index in [0.29, 0.717) is 5.41 Å². The van der Waals surface area contributed by atoms with Gasteiger partial charge in [-0.05, 0) is 44.1 Å². The molecule has 1 aromatic rings. The second-order valence-electron chi connectivity index (χ2n) is 7.21. The van der Waals surface area contributed by atoms with Crippen molar-refractivity contribution in [2.75, 3.05) is 32.8 Å². The molecule has 3 fully saturated rings. The van der Waals surface area contributed by atoms with Crippen LogP contribution in [0.4, 0.5) is 0 Å². The van der Waals surface area contributed by atoms with Gasteiger partial charge in [-0.15, -0.1) is 11.3 Å². The lowest BCUT2D eigenvalue weighted by Crippen LogP contribution is -2.47. The number of ether oxygens (including phenoxy) is 1. The van der Waals surface area contributed by atoms with Gasteiger partial charge in [-0.25, -0.2) is 4.98 Å². The summed E-state index contributed by atoms with van der Waals surface area (Å²) in [6.45, 7) is 5.87. The third-order valence-corrected chi connectivity index (χ3v) is 6.46. The van der Waals surface area contributed by atoms with E-state index >= 15 is 0 Å². The first-order valence-electron chi connectivity index (χ1n) is 8.75. The third-order valence-electron chi connectivity index (χ3n) is 5.70. The van der Waals surface area contributed by atoms with Crippen molar-refractivity contribution in [3.05, 3.63) is 16.6 Å². The number of piperidine rings is 1. The molecule has 1 aromatic heterocycles. The molecule has 6 heteroatoms. The Morgan fingerprint density at radius 3 is 2.87 bits per heavy atom. The number of carbonyl (C=O) groups is 1. The van der Waals surface area contributed by atoms with Crippen LogP contribution in [-0.4, -0.2) is 59.6 Å². The number of rotatable bonds is 3. The molecular formula is C17H25N3O2S. The Balaban J connectivity index is 1.30. The van der Waals surface area contributed by atoms with Gasteiger partial charge in [0.25, 0.3) is 5.91 Å². The van der Waals surface area contributed by atoms with Gasteiger partial charge in [0.15, 0.2) is 0 Å². The summed E-state index contributed by atoms with van der Waals surface area (Å²) < 4.78 is 5.56. The zero-order chi connectivity index (χ0) is 15.7. The minimum Gasteiger partial charge on any atom is -0.368 e. The largest absolute Gasteiger partial charge is 0.368 e. The number of amides is 1. The quantitative estimate of drug-likeness (QED) is 0.849. The van der Waals surface area contributed by atoms with Crippen LogP contribution < -0.4 is 0 Å². The molecule has 1 amide bonds. The standard InChI is InChI=1S/C17H25N3O2S/c21-16(14-2-1-10-22-14)20-8-4-17(5-9-20)3-7-19(13-17)12-15-18-6-11-23-15/h6,11,14H,1-5,7-10,12-13H2/t14-/m1/s1. The van der Waals surface area contributed by atoms with Gasteiger partial charge >= 0.3 is 0 Å². The monoisotopic (exact) mass is 335 g/mol. The molecule has 4 rings (SSSR count). The van der Waals surface area contributed by atoms with Crippen molar-refractivity contribution in [2.24, 2.45) is 5.41 Å². The SMILES string of the molecule is O=C([C@H]1CCCO1)N1CCC2(CCN(Cc3nccs3)C2)CC1. The number of likely N-dealkylation sites (tertiary alicyclic amines) is 2. The second-order valence-corrected chi connectivity index (χ2v) is 8.19. The van der Waals surface area contributed by atoms with E-state index in [1.807, 2.05) is 11.1 Å². The van der Waals surface area contributed by atoms with E-state index in [1.54, 1.807) is 11.3 Å². The number of thiazole rings is 1. The molecule has 3 aliphatic heterocycles. The Labute approximate surface area is 141 Å². The van der Waals surface area contributed by atoms with E-state index in [4.69, 9.17) is 4.74 Å². The van der Waals surface area contributed by atoms with Crippen LogP contribution in [-0.2, 0) is 16.1 Å². The van der Waals surface area contributed by atoms with Crippen LogP contribution in [0.25, 0.3) is 0 Å². The van der Waals surface area contributed by atoms with Crippen LogP contribution in [0.5, 0.6) is 0 Å². The summed E-state index contributed by atoms with van der Waals surface area (Å²) in [7, 11) is 0. The minimum absolute atomic E-state index is 0.158. The fourth-order valence-electron chi connectivity index (χ4n) is 4.27. The second kappa shape index (κ2) is 6.49. The first kappa shape index (κ1) is 15.5. The molecule has 0 bridgehead atoms. The van der Waals surface area contributed by atoms with Gasteiger partial charge in [0.2, 0.25) is 0 Å². The van der Waals surface area contributed by atoms with Crippen LogP contribution in [0.1, 0.15) is 37.1 Å². The molecule has 23 heavy (non-hydrogen) atoms. The molecular weight excluding hydrogens is 310 g/mol. The van der Waals surface area contributed by atoms with Gasteiger partial charge in [0, 0.05) is 37.8 Å². The van der Waals surface area contributed by atoms with Crippen molar-refractivity contribution in [1.82, 2.24) is 14.8 Å². The summed E-state index contributed by atoms with van der Waals surface area (Å²) in [6, 6.07) is 0. The topological polar surface area (TPSA) is 45.7 Å². The molecule has 0 saturated carbocycles. The number of hydrogen-bond donors (Lipinski definition) is 0. The highest BCUT2D eigenvalue weighted by Gasteiger charge is 2.42. The van der Waals surface area contributed by atoms with Gasteiger partial charge in [0.1, 0.15) is 11.1 Å². The summed E-state index contributed by atoms with van der Waals surface area (Å²) in [5, 5.41) is 3.27. The molecule has 0 N–H and O–H groups in total. The number of nitrogens with zero attached hydrogens (tertiary/aromatic N) is 3. The number of hydrogen-bond acceptors (Lipinski definition) is 5. The summed E-state index contributed by atoms with van der Waals surface area (Å²) in [6.07, 6.45) is 7.21. The van der Waals surface area contributed by atoms with E-state index in [-0.39, 0.29) is 12.0 Å². The van der Waals surface area contributed by atoms with E-state index < -0.39 is 0 Å². The van der Waals surface area contributed by atoms with Crippen molar-refractivity contribution in [1.29, 1.82) is 0 Å². The smallest absolute Gasteiger partial charge is 0.251 e. The molecule has 0 aliphatic carbocycles. The van der Waals surface area contributed by atoms with Crippen molar-refractivity contribution in [2.45, 2.75) is 44.8 Å². The summed E-state index contributed by atoms with van der Waals surface area (Å²) >= 11 is 1.74. The van der Waals surface area contributed by atoms with Gasteiger partial charge in [-0.3, -0.25) is 9.69 Å². The summed E-state index contributed by atoms with van der Waals surface area (Å²) in [4.78, 5) is 21.5. The third kappa shape index (κ3) is 3.30. The Kier molecular flexibility index (Phi) is 4.39. The number of aromatic nitrogens is 1. The molecule has 3 aliphatic rings. The molecule has 5 nitrogen and oxygen atoms in total. The average Bonchev–Trinajstić information content (AvgIpc) is 3.31. The highest BCUT2D eigenvalue weighted by atomic mass is 32.1. The van der Waals surface area contributed by atoms with E-state index in [2.05, 4.69) is 15.3 Å². The van der Waals surface area contributed by atoms with Gasteiger partial charge in [0.05, 0.1) is 6.54 Å². The highest BCUT2D eigenvalue weighted by Crippen LogP contribution is 2.41. The predicted molar refractivity (Wildman–Crippen MR) is 89.2 cm³/mol. The Morgan fingerprint density at radius 2 is 2.17 bits per heavy atom. The average molecular weight is 335 g/mol. The first-order chi connectivity index (χ1) is 11.2. The van der Waals surface area contributed by atoms with E-state index in [0.717, 1.165) is 58.5 Å². The van der Waals surface area contributed by atoms with Crippen molar-refractivity contribution < 1.29 is 9.53 Å². The molecule has 0 radical (unpaired) electrons. The number of carbonyl (C=O) groups excluding carboxylic acids is 1. The predicted octanol–water partition coefficient (Wildman–Crippen LogP) is 2.14. The highest BCUT2D eigenvalue weighted by molar-refractivity contribution is 7.09. The molecule has 4 heterocycles. The zero-order valence-electron chi connectivity index (χ0n) is 13.6. The Morgan fingerprint density at radius 1 is 1.35 bits per heavy atom. The lowest BCUT2D eigenvalue weighted by molar-refractivity contribution is -0.143. The van der Waals surface area contributed by atoms with Crippen molar-refractivity contribution in [3.8, 4) is 0 Å².